The van der Waals surface area contributed by atoms with Crippen molar-refractivity contribution in [1.29, 1.82) is 0 Å². The van der Waals surface area contributed by atoms with Crippen LogP contribution < -0.4 is 4.74 Å². The van der Waals surface area contributed by atoms with Crippen molar-refractivity contribution in [2.75, 3.05) is 6.61 Å². The maximum absolute atomic E-state index is 11.9. The van der Waals surface area contributed by atoms with Gasteiger partial charge in [-0.1, -0.05) is 12.1 Å². The molecule has 0 spiro atoms. The summed E-state index contributed by atoms with van der Waals surface area (Å²) in [5, 5.41) is 8.91. The highest BCUT2D eigenvalue weighted by Gasteiger charge is 2.08. The number of benzene rings is 2. The first kappa shape index (κ1) is 15.5. The van der Waals surface area contributed by atoms with Gasteiger partial charge in [-0.15, -0.1) is 0 Å². The molecule has 0 atom stereocenters. The summed E-state index contributed by atoms with van der Waals surface area (Å²) in [6.45, 7) is -0.0299. The van der Waals surface area contributed by atoms with E-state index < -0.39 is 5.97 Å². The SMILES string of the molecule is O=C(COc1ccc(I)cc1)Cc1cccc(C(=O)O)c1. The minimum atomic E-state index is -1.00. The van der Waals surface area contributed by atoms with Crippen molar-refractivity contribution in [3.63, 3.8) is 0 Å². The average Bonchev–Trinajstić information content (AvgIpc) is 2.47. The summed E-state index contributed by atoms with van der Waals surface area (Å²) in [4.78, 5) is 22.7. The van der Waals surface area contributed by atoms with Gasteiger partial charge in [-0.25, -0.2) is 4.79 Å². The lowest BCUT2D eigenvalue weighted by atomic mass is 10.1. The van der Waals surface area contributed by atoms with Crippen molar-refractivity contribution in [3.05, 3.63) is 63.2 Å². The van der Waals surface area contributed by atoms with E-state index in [9.17, 15) is 9.59 Å². The van der Waals surface area contributed by atoms with Crippen LogP contribution >= 0.6 is 22.6 Å². The van der Waals surface area contributed by atoms with Gasteiger partial charge in [-0.3, -0.25) is 4.79 Å². The molecule has 0 fully saturated rings. The molecule has 2 aromatic carbocycles. The molecule has 1 N–H and O–H groups in total. The first-order valence-electron chi connectivity index (χ1n) is 6.27. The van der Waals surface area contributed by atoms with Crippen molar-refractivity contribution in [1.82, 2.24) is 0 Å². The predicted molar refractivity (Wildman–Crippen MR) is 86.8 cm³/mol. The van der Waals surface area contributed by atoms with Gasteiger partial charge >= 0.3 is 5.97 Å². The molecule has 108 valence electrons. The maximum atomic E-state index is 11.9. The Balaban J connectivity index is 1.91. The quantitative estimate of drug-likeness (QED) is 0.762. The lowest BCUT2D eigenvalue weighted by Gasteiger charge is -2.06. The van der Waals surface area contributed by atoms with Gasteiger partial charge in [0, 0.05) is 9.99 Å². The average molecular weight is 396 g/mol. The van der Waals surface area contributed by atoms with Gasteiger partial charge in [-0.05, 0) is 64.6 Å². The normalized spacial score (nSPS) is 10.1. The van der Waals surface area contributed by atoms with Gasteiger partial charge in [0.15, 0.2) is 5.78 Å². The summed E-state index contributed by atoms with van der Waals surface area (Å²) in [7, 11) is 0. The molecule has 0 aliphatic carbocycles. The fraction of sp³-hybridized carbons (Fsp3) is 0.125. The summed E-state index contributed by atoms with van der Waals surface area (Å²) >= 11 is 2.19. The van der Waals surface area contributed by atoms with E-state index in [1.807, 2.05) is 12.1 Å². The smallest absolute Gasteiger partial charge is 0.335 e. The van der Waals surface area contributed by atoms with Gasteiger partial charge in [0.1, 0.15) is 12.4 Å². The van der Waals surface area contributed by atoms with Crippen LogP contribution in [0.5, 0.6) is 5.75 Å². The molecule has 0 heterocycles. The number of halogens is 1. The van der Waals surface area contributed by atoms with Crippen molar-refractivity contribution in [2.45, 2.75) is 6.42 Å². The Kier molecular flexibility index (Phi) is 5.32. The van der Waals surface area contributed by atoms with E-state index in [4.69, 9.17) is 9.84 Å². The Bertz CT molecular complexity index is 650. The zero-order valence-corrected chi connectivity index (χ0v) is 13.2. The third kappa shape index (κ3) is 4.86. The van der Waals surface area contributed by atoms with Crippen molar-refractivity contribution in [3.8, 4) is 5.75 Å². The molecule has 0 saturated carbocycles. The summed E-state index contributed by atoms with van der Waals surface area (Å²) in [6.07, 6.45) is 0.158. The molecule has 4 nitrogen and oxygen atoms in total. The fourth-order valence-corrected chi connectivity index (χ4v) is 2.15. The van der Waals surface area contributed by atoms with Crippen molar-refractivity contribution < 1.29 is 19.4 Å². The van der Waals surface area contributed by atoms with Gasteiger partial charge in [-0.2, -0.15) is 0 Å². The number of carbonyl (C=O) groups is 2. The molecule has 0 aromatic heterocycles. The first-order valence-corrected chi connectivity index (χ1v) is 7.35. The predicted octanol–water partition coefficient (Wildman–Crippen LogP) is 3.18. The van der Waals surface area contributed by atoms with E-state index in [2.05, 4.69) is 22.6 Å². The zero-order chi connectivity index (χ0) is 15.2. The highest BCUT2D eigenvalue weighted by molar-refractivity contribution is 14.1. The lowest BCUT2D eigenvalue weighted by Crippen LogP contribution is -2.14. The summed E-state index contributed by atoms with van der Waals surface area (Å²) in [5.41, 5.74) is 0.852. The molecule has 0 bridgehead atoms. The number of carboxylic acid groups (broad SMARTS) is 1. The molecule has 0 saturated heterocycles. The van der Waals surface area contributed by atoms with Gasteiger partial charge < -0.3 is 9.84 Å². The molecule has 2 rings (SSSR count). The highest BCUT2D eigenvalue weighted by atomic mass is 127. The van der Waals surface area contributed by atoms with Crippen molar-refractivity contribution >= 4 is 34.3 Å². The molecule has 21 heavy (non-hydrogen) atoms. The number of hydrogen-bond acceptors (Lipinski definition) is 3. The minimum Gasteiger partial charge on any atom is -0.486 e. The molecule has 2 aromatic rings. The van der Waals surface area contributed by atoms with E-state index in [0.29, 0.717) is 11.3 Å². The van der Waals surface area contributed by atoms with Crippen LogP contribution in [0, 0.1) is 3.57 Å². The van der Waals surface area contributed by atoms with E-state index in [0.717, 1.165) is 3.57 Å². The van der Waals surface area contributed by atoms with Crippen LogP contribution in [0.3, 0.4) is 0 Å². The number of ketones is 1. The van der Waals surface area contributed by atoms with E-state index in [1.165, 1.54) is 12.1 Å². The number of aromatic carboxylic acids is 1. The number of rotatable bonds is 6. The molecule has 0 aliphatic heterocycles. The van der Waals surface area contributed by atoms with Crippen LogP contribution in [0.1, 0.15) is 15.9 Å². The maximum Gasteiger partial charge on any atom is 0.335 e. The van der Waals surface area contributed by atoms with Gasteiger partial charge in [0.2, 0.25) is 0 Å². The number of carbonyl (C=O) groups excluding carboxylic acids is 1. The standard InChI is InChI=1S/C16H13IO4/c17-13-4-6-15(7-5-13)21-10-14(18)9-11-2-1-3-12(8-11)16(19)20/h1-8H,9-10H2,(H,19,20). The number of ether oxygens (including phenoxy) is 1. The Hall–Kier alpha value is -1.89. The lowest BCUT2D eigenvalue weighted by molar-refractivity contribution is -0.120. The van der Waals surface area contributed by atoms with Crippen LogP contribution in [0.15, 0.2) is 48.5 Å². The van der Waals surface area contributed by atoms with E-state index in [-0.39, 0.29) is 24.4 Å². The third-order valence-electron chi connectivity index (χ3n) is 2.79. The first-order chi connectivity index (χ1) is 10.0. The van der Waals surface area contributed by atoms with E-state index in [1.54, 1.807) is 24.3 Å². The highest BCUT2D eigenvalue weighted by Crippen LogP contribution is 2.13. The Labute approximate surface area is 135 Å². The van der Waals surface area contributed by atoms with Gasteiger partial charge in [0.05, 0.1) is 5.56 Å². The molecule has 0 amide bonds. The monoisotopic (exact) mass is 396 g/mol. The molecule has 0 aliphatic rings. The third-order valence-corrected chi connectivity index (χ3v) is 3.51. The molecule has 5 heteroatoms. The van der Waals surface area contributed by atoms with Crippen LogP contribution in [-0.4, -0.2) is 23.5 Å². The van der Waals surface area contributed by atoms with Crippen LogP contribution in [0.2, 0.25) is 0 Å². The topological polar surface area (TPSA) is 63.6 Å². The second-order valence-corrected chi connectivity index (χ2v) is 5.71. The molecule has 0 radical (unpaired) electrons. The Morgan fingerprint density at radius 3 is 2.48 bits per heavy atom. The number of hydrogen-bond donors (Lipinski definition) is 1. The van der Waals surface area contributed by atoms with Gasteiger partial charge in [0.25, 0.3) is 0 Å². The number of carboxylic acids is 1. The molecule has 0 unspecified atom stereocenters. The zero-order valence-electron chi connectivity index (χ0n) is 11.1. The summed E-state index contributed by atoms with van der Waals surface area (Å²) < 4.78 is 6.50. The second-order valence-electron chi connectivity index (χ2n) is 4.46. The largest absolute Gasteiger partial charge is 0.486 e. The van der Waals surface area contributed by atoms with E-state index >= 15 is 0 Å². The number of Topliss-reactive ketones (excluding diaryl/α,β-unsaturated/α-hetero) is 1. The Morgan fingerprint density at radius 2 is 1.81 bits per heavy atom. The van der Waals surface area contributed by atoms with Crippen LogP contribution in [-0.2, 0) is 11.2 Å². The van der Waals surface area contributed by atoms with Crippen molar-refractivity contribution in [2.24, 2.45) is 0 Å². The molecular weight excluding hydrogens is 383 g/mol. The fourth-order valence-electron chi connectivity index (χ4n) is 1.79. The summed E-state index contributed by atoms with van der Waals surface area (Å²) in [5.74, 6) is -0.460. The van der Waals surface area contributed by atoms with Crippen LogP contribution in [0.4, 0.5) is 0 Å². The molecular formula is C16H13IO4. The Morgan fingerprint density at radius 1 is 1.10 bits per heavy atom. The minimum absolute atomic E-state index is 0.0299. The summed E-state index contributed by atoms with van der Waals surface area (Å²) in [6, 6.07) is 13.8. The second kappa shape index (κ2) is 7.21. The van der Waals surface area contributed by atoms with Crippen LogP contribution in [0.25, 0.3) is 0 Å².